The van der Waals surface area contributed by atoms with Gasteiger partial charge in [-0.15, -0.1) is 24.8 Å². The van der Waals surface area contributed by atoms with Gasteiger partial charge in [0.25, 0.3) is 0 Å². The first-order valence-electron chi connectivity index (χ1n) is 5.44. The number of rotatable bonds is 3. The van der Waals surface area contributed by atoms with Gasteiger partial charge in [0, 0.05) is 19.1 Å². The predicted octanol–water partition coefficient (Wildman–Crippen LogP) is 1.64. The summed E-state index contributed by atoms with van der Waals surface area (Å²) in [6.45, 7) is 1.62. The van der Waals surface area contributed by atoms with E-state index in [2.05, 4.69) is 34.9 Å². The van der Waals surface area contributed by atoms with Gasteiger partial charge in [-0.1, -0.05) is 24.3 Å². The van der Waals surface area contributed by atoms with Crippen LogP contribution in [0, 0.1) is 0 Å². The molecule has 2 atom stereocenters. The third-order valence-electron chi connectivity index (χ3n) is 2.87. The molecular formula is C12H20Cl2N2O. The van der Waals surface area contributed by atoms with E-state index in [4.69, 9.17) is 0 Å². The zero-order valence-corrected chi connectivity index (χ0v) is 11.5. The lowest BCUT2D eigenvalue weighted by atomic mass is 10.0. The molecule has 1 aromatic carbocycles. The Labute approximate surface area is 115 Å². The molecule has 17 heavy (non-hydrogen) atoms. The molecule has 1 heterocycles. The number of β-amino-alcohol motifs (C(OH)–C–C–N with tert-alkyl or cyclic N) is 1. The molecule has 0 spiro atoms. The van der Waals surface area contributed by atoms with Gasteiger partial charge >= 0.3 is 0 Å². The Morgan fingerprint density at radius 2 is 1.94 bits per heavy atom. The van der Waals surface area contributed by atoms with Crippen LogP contribution in [0.15, 0.2) is 24.3 Å². The second kappa shape index (κ2) is 7.90. The molecule has 1 saturated heterocycles. The molecule has 3 nitrogen and oxygen atoms in total. The molecule has 0 bridgehead atoms. The number of hydrogen-bond donors (Lipinski definition) is 3. The van der Waals surface area contributed by atoms with Crippen LogP contribution in [-0.2, 0) is 6.54 Å². The Balaban J connectivity index is 0.00000128. The average molecular weight is 279 g/mol. The number of benzene rings is 1. The van der Waals surface area contributed by atoms with E-state index in [9.17, 15) is 5.11 Å². The summed E-state index contributed by atoms with van der Waals surface area (Å²) in [6, 6.07) is 8.88. The fraction of sp³-hybridized carbons (Fsp3) is 0.500. The summed E-state index contributed by atoms with van der Waals surface area (Å²) in [6.07, 6.45) is 0.637. The first kappa shape index (κ1) is 16.7. The maximum absolute atomic E-state index is 9.43. The predicted molar refractivity (Wildman–Crippen MR) is 75.1 cm³/mol. The van der Waals surface area contributed by atoms with Crippen molar-refractivity contribution in [3.8, 4) is 0 Å². The molecule has 1 aliphatic heterocycles. The minimum atomic E-state index is -0.188. The molecule has 0 amide bonds. The van der Waals surface area contributed by atoms with Gasteiger partial charge in [0.05, 0.1) is 6.10 Å². The van der Waals surface area contributed by atoms with E-state index in [1.165, 1.54) is 11.1 Å². The first-order chi connectivity index (χ1) is 7.29. The van der Waals surface area contributed by atoms with Crippen LogP contribution < -0.4 is 10.6 Å². The van der Waals surface area contributed by atoms with Crippen LogP contribution in [-0.4, -0.2) is 24.8 Å². The van der Waals surface area contributed by atoms with Crippen molar-refractivity contribution >= 4 is 24.8 Å². The SMILES string of the molecule is CNCc1ccc([C@H]2C[C@@H](O)CN2)cc1.Cl.Cl. The third-order valence-corrected chi connectivity index (χ3v) is 2.87. The van der Waals surface area contributed by atoms with Gasteiger partial charge in [0.2, 0.25) is 0 Å². The van der Waals surface area contributed by atoms with Gasteiger partial charge in [-0.25, -0.2) is 0 Å². The van der Waals surface area contributed by atoms with E-state index in [1.54, 1.807) is 0 Å². The van der Waals surface area contributed by atoms with E-state index in [1.807, 2.05) is 7.05 Å². The van der Waals surface area contributed by atoms with Gasteiger partial charge in [-0.2, -0.15) is 0 Å². The Kier molecular flexibility index (Phi) is 7.75. The Hall–Kier alpha value is -0.320. The highest BCUT2D eigenvalue weighted by molar-refractivity contribution is 5.85. The fourth-order valence-electron chi connectivity index (χ4n) is 2.04. The van der Waals surface area contributed by atoms with Gasteiger partial charge < -0.3 is 15.7 Å². The highest BCUT2D eigenvalue weighted by atomic mass is 35.5. The van der Waals surface area contributed by atoms with Crippen LogP contribution in [0.25, 0.3) is 0 Å². The summed E-state index contributed by atoms with van der Waals surface area (Å²) >= 11 is 0. The Morgan fingerprint density at radius 1 is 1.29 bits per heavy atom. The number of nitrogens with one attached hydrogen (secondary N) is 2. The van der Waals surface area contributed by atoms with Crippen LogP contribution in [0.4, 0.5) is 0 Å². The molecule has 2 rings (SSSR count). The number of hydrogen-bond acceptors (Lipinski definition) is 3. The third kappa shape index (κ3) is 4.45. The monoisotopic (exact) mass is 278 g/mol. The molecule has 0 saturated carbocycles. The highest BCUT2D eigenvalue weighted by Crippen LogP contribution is 2.23. The van der Waals surface area contributed by atoms with Crippen LogP contribution >= 0.6 is 24.8 Å². The van der Waals surface area contributed by atoms with E-state index in [0.717, 1.165) is 13.0 Å². The van der Waals surface area contributed by atoms with E-state index >= 15 is 0 Å². The van der Waals surface area contributed by atoms with E-state index in [0.29, 0.717) is 12.6 Å². The lowest BCUT2D eigenvalue weighted by molar-refractivity contribution is 0.193. The van der Waals surface area contributed by atoms with Gasteiger partial charge in [0.15, 0.2) is 0 Å². The summed E-state index contributed by atoms with van der Waals surface area (Å²) in [4.78, 5) is 0. The number of aliphatic hydroxyl groups excluding tert-OH is 1. The molecule has 0 unspecified atom stereocenters. The quantitative estimate of drug-likeness (QED) is 0.788. The zero-order chi connectivity index (χ0) is 10.7. The number of halogens is 2. The maximum atomic E-state index is 9.43. The van der Waals surface area contributed by atoms with Crippen LogP contribution in [0.3, 0.4) is 0 Å². The molecule has 3 N–H and O–H groups in total. The molecule has 0 aromatic heterocycles. The highest BCUT2D eigenvalue weighted by Gasteiger charge is 2.22. The van der Waals surface area contributed by atoms with Crippen molar-refractivity contribution in [1.82, 2.24) is 10.6 Å². The normalized spacial score (nSPS) is 22.7. The molecular weight excluding hydrogens is 259 g/mol. The van der Waals surface area contributed by atoms with Crippen molar-refractivity contribution in [2.24, 2.45) is 0 Å². The molecule has 1 aliphatic rings. The minimum Gasteiger partial charge on any atom is -0.392 e. The molecule has 0 aliphatic carbocycles. The van der Waals surface area contributed by atoms with Crippen LogP contribution in [0.1, 0.15) is 23.6 Å². The Bertz CT molecular complexity index is 319. The minimum absolute atomic E-state index is 0. The molecule has 1 aromatic rings. The van der Waals surface area contributed by atoms with Gasteiger partial charge in [-0.3, -0.25) is 0 Å². The smallest absolute Gasteiger partial charge is 0.0682 e. The number of aliphatic hydroxyl groups is 1. The summed E-state index contributed by atoms with van der Waals surface area (Å²) in [5, 5.41) is 15.9. The molecule has 98 valence electrons. The van der Waals surface area contributed by atoms with Crippen LogP contribution in [0.2, 0.25) is 0 Å². The second-order valence-electron chi connectivity index (χ2n) is 4.12. The fourth-order valence-corrected chi connectivity index (χ4v) is 2.04. The Morgan fingerprint density at radius 3 is 2.41 bits per heavy atom. The largest absolute Gasteiger partial charge is 0.392 e. The second-order valence-corrected chi connectivity index (χ2v) is 4.12. The first-order valence-corrected chi connectivity index (χ1v) is 5.44. The summed E-state index contributed by atoms with van der Waals surface area (Å²) < 4.78 is 0. The molecule has 5 heteroatoms. The summed E-state index contributed by atoms with van der Waals surface area (Å²) in [5.74, 6) is 0. The maximum Gasteiger partial charge on any atom is 0.0682 e. The van der Waals surface area contributed by atoms with Crippen molar-refractivity contribution in [2.75, 3.05) is 13.6 Å². The zero-order valence-electron chi connectivity index (χ0n) is 9.85. The average Bonchev–Trinajstić information content (AvgIpc) is 2.67. The standard InChI is InChI=1S/C12H18N2O.2ClH/c1-13-7-9-2-4-10(5-3-9)12-6-11(15)8-14-12;;/h2-5,11-15H,6-8H2,1H3;2*1H/t11-,12-;;/m1../s1. The van der Waals surface area contributed by atoms with Crippen molar-refractivity contribution in [3.05, 3.63) is 35.4 Å². The summed E-state index contributed by atoms with van der Waals surface area (Å²) in [7, 11) is 1.95. The summed E-state index contributed by atoms with van der Waals surface area (Å²) in [5.41, 5.74) is 2.56. The lowest BCUT2D eigenvalue weighted by Crippen LogP contribution is -2.15. The molecule has 1 fully saturated rings. The van der Waals surface area contributed by atoms with E-state index < -0.39 is 0 Å². The lowest BCUT2D eigenvalue weighted by Gasteiger charge is -2.11. The van der Waals surface area contributed by atoms with Crippen molar-refractivity contribution in [1.29, 1.82) is 0 Å². The topological polar surface area (TPSA) is 44.3 Å². The van der Waals surface area contributed by atoms with Crippen molar-refractivity contribution in [3.63, 3.8) is 0 Å². The van der Waals surface area contributed by atoms with Gasteiger partial charge in [0.1, 0.15) is 0 Å². The van der Waals surface area contributed by atoms with Gasteiger partial charge in [-0.05, 0) is 24.6 Å². The molecule has 0 radical (unpaired) electrons. The van der Waals surface area contributed by atoms with Crippen molar-refractivity contribution < 1.29 is 5.11 Å². The van der Waals surface area contributed by atoms with E-state index in [-0.39, 0.29) is 30.9 Å². The van der Waals surface area contributed by atoms with Crippen molar-refractivity contribution in [2.45, 2.75) is 25.1 Å². The van der Waals surface area contributed by atoms with Crippen LogP contribution in [0.5, 0.6) is 0 Å².